The fourth-order valence-electron chi connectivity index (χ4n) is 3.03. The number of aliphatic hydroxyl groups is 1. The molecule has 26 heavy (non-hydrogen) atoms. The second kappa shape index (κ2) is 8.92. The molecule has 1 aliphatic carbocycles. The molecular formula is C21H27NO4. The van der Waals surface area contributed by atoms with E-state index in [0.717, 1.165) is 29.4 Å². The molecule has 0 aliphatic heterocycles. The van der Waals surface area contributed by atoms with Gasteiger partial charge in [0.1, 0.15) is 18.5 Å². The summed E-state index contributed by atoms with van der Waals surface area (Å²) in [4.78, 5) is 2.32. The van der Waals surface area contributed by atoms with E-state index in [9.17, 15) is 5.11 Å². The van der Waals surface area contributed by atoms with Gasteiger partial charge in [-0.2, -0.15) is 0 Å². The average molecular weight is 357 g/mol. The molecule has 0 radical (unpaired) electrons. The van der Waals surface area contributed by atoms with E-state index in [2.05, 4.69) is 4.90 Å². The zero-order valence-corrected chi connectivity index (χ0v) is 15.4. The molecule has 0 spiro atoms. The second-order valence-electron chi connectivity index (χ2n) is 6.63. The van der Waals surface area contributed by atoms with Gasteiger partial charge in [-0.15, -0.1) is 0 Å². The molecule has 1 fully saturated rings. The molecule has 5 nitrogen and oxygen atoms in total. The van der Waals surface area contributed by atoms with Gasteiger partial charge in [-0.1, -0.05) is 24.3 Å². The first-order chi connectivity index (χ1) is 12.7. The molecule has 2 aromatic rings. The highest BCUT2D eigenvalue weighted by Crippen LogP contribution is 2.31. The molecule has 5 heteroatoms. The first-order valence-electron chi connectivity index (χ1n) is 9.00. The van der Waals surface area contributed by atoms with Crippen LogP contribution in [0.2, 0.25) is 0 Å². The van der Waals surface area contributed by atoms with Crippen LogP contribution in [-0.4, -0.2) is 49.5 Å². The summed E-state index contributed by atoms with van der Waals surface area (Å²) < 4.78 is 16.4. The van der Waals surface area contributed by atoms with Gasteiger partial charge in [0.25, 0.3) is 0 Å². The van der Waals surface area contributed by atoms with Crippen molar-refractivity contribution in [3.05, 3.63) is 54.1 Å². The van der Waals surface area contributed by atoms with Gasteiger partial charge in [0.2, 0.25) is 0 Å². The van der Waals surface area contributed by atoms with Gasteiger partial charge >= 0.3 is 0 Å². The molecule has 1 aliphatic rings. The Hall–Kier alpha value is -2.24. The zero-order valence-electron chi connectivity index (χ0n) is 15.4. The highest BCUT2D eigenvalue weighted by atomic mass is 16.5. The van der Waals surface area contributed by atoms with Crippen LogP contribution < -0.4 is 14.2 Å². The molecule has 2 aromatic carbocycles. The van der Waals surface area contributed by atoms with Crippen LogP contribution in [0.3, 0.4) is 0 Å². The third-order valence-electron chi connectivity index (χ3n) is 4.53. The first-order valence-corrected chi connectivity index (χ1v) is 9.00. The maximum absolute atomic E-state index is 10.4. The van der Waals surface area contributed by atoms with Crippen molar-refractivity contribution >= 4 is 0 Å². The number of hydrogen-bond acceptors (Lipinski definition) is 5. The lowest BCUT2D eigenvalue weighted by Crippen LogP contribution is -2.36. The van der Waals surface area contributed by atoms with Crippen molar-refractivity contribution in [2.45, 2.75) is 31.5 Å². The van der Waals surface area contributed by atoms with Gasteiger partial charge in [-0.25, -0.2) is 0 Å². The van der Waals surface area contributed by atoms with E-state index in [1.807, 2.05) is 48.5 Å². The zero-order chi connectivity index (χ0) is 18.4. The summed E-state index contributed by atoms with van der Waals surface area (Å²) in [5, 5.41) is 10.4. The number of para-hydroxylation sites is 1. The molecule has 0 aromatic heterocycles. The van der Waals surface area contributed by atoms with Gasteiger partial charge in [-0.05, 0) is 42.7 Å². The number of nitrogens with zero attached hydrogens (tertiary/aromatic N) is 1. The van der Waals surface area contributed by atoms with Crippen LogP contribution in [0.25, 0.3) is 0 Å². The van der Waals surface area contributed by atoms with Crippen LogP contribution in [0.5, 0.6) is 17.2 Å². The largest absolute Gasteiger partial charge is 0.493 e. The van der Waals surface area contributed by atoms with Crippen LogP contribution in [-0.2, 0) is 6.54 Å². The molecule has 0 saturated heterocycles. The lowest BCUT2D eigenvalue weighted by molar-refractivity contribution is 0.0626. The Morgan fingerprint density at radius 2 is 1.77 bits per heavy atom. The number of hydrogen-bond donors (Lipinski definition) is 1. The Morgan fingerprint density at radius 3 is 2.42 bits per heavy atom. The Kier molecular flexibility index (Phi) is 6.36. The van der Waals surface area contributed by atoms with Crippen LogP contribution in [0.15, 0.2) is 48.5 Å². The number of methoxy groups -OCH3 is 2. The monoisotopic (exact) mass is 357 g/mol. The highest BCUT2D eigenvalue weighted by Gasteiger charge is 2.30. The van der Waals surface area contributed by atoms with E-state index in [4.69, 9.17) is 14.2 Å². The highest BCUT2D eigenvalue weighted by molar-refractivity contribution is 5.42. The fourth-order valence-corrected chi connectivity index (χ4v) is 3.03. The summed E-state index contributed by atoms with van der Waals surface area (Å²) in [7, 11) is 3.28. The SMILES string of the molecule is COc1ccc(CN(C[C@@H](O)COc2ccccc2)C2CC2)cc1OC. The molecule has 1 N–H and O–H groups in total. The number of ether oxygens (including phenoxy) is 3. The topological polar surface area (TPSA) is 51.2 Å². The van der Waals surface area contributed by atoms with E-state index < -0.39 is 6.10 Å². The Bertz CT molecular complexity index is 688. The van der Waals surface area contributed by atoms with Gasteiger partial charge in [-0.3, -0.25) is 4.90 Å². The van der Waals surface area contributed by atoms with Crippen LogP contribution in [0, 0.1) is 0 Å². The quantitative estimate of drug-likeness (QED) is 0.708. The van der Waals surface area contributed by atoms with E-state index >= 15 is 0 Å². The Balaban J connectivity index is 1.57. The van der Waals surface area contributed by atoms with Crippen LogP contribution >= 0.6 is 0 Å². The van der Waals surface area contributed by atoms with Gasteiger partial charge < -0.3 is 19.3 Å². The third kappa shape index (κ3) is 5.13. The minimum absolute atomic E-state index is 0.291. The molecule has 140 valence electrons. The number of aliphatic hydroxyl groups excluding tert-OH is 1. The van der Waals surface area contributed by atoms with Crippen LogP contribution in [0.1, 0.15) is 18.4 Å². The van der Waals surface area contributed by atoms with Crippen molar-refractivity contribution in [2.24, 2.45) is 0 Å². The minimum atomic E-state index is -0.532. The maximum Gasteiger partial charge on any atom is 0.161 e. The van der Waals surface area contributed by atoms with Crippen molar-refractivity contribution in [3.8, 4) is 17.2 Å². The number of benzene rings is 2. The van der Waals surface area contributed by atoms with Crippen LogP contribution in [0.4, 0.5) is 0 Å². The van der Waals surface area contributed by atoms with E-state index in [1.165, 1.54) is 12.8 Å². The first kappa shape index (κ1) is 18.5. The summed E-state index contributed by atoms with van der Waals surface area (Å²) in [5.74, 6) is 2.24. The molecule has 0 amide bonds. The van der Waals surface area contributed by atoms with Crippen molar-refractivity contribution in [2.75, 3.05) is 27.4 Å². The maximum atomic E-state index is 10.4. The average Bonchev–Trinajstić information content (AvgIpc) is 3.52. The molecule has 1 saturated carbocycles. The third-order valence-corrected chi connectivity index (χ3v) is 4.53. The molecule has 0 unspecified atom stereocenters. The molecule has 0 bridgehead atoms. The van der Waals surface area contributed by atoms with Crippen molar-refractivity contribution in [1.29, 1.82) is 0 Å². The Labute approximate surface area is 155 Å². The van der Waals surface area contributed by atoms with Gasteiger partial charge in [0, 0.05) is 19.1 Å². The Morgan fingerprint density at radius 1 is 1.04 bits per heavy atom. The molecule has 1 atom stereocenters. The number of rotatable bonds is 10. The van der Waals surface area contributed by atoms with E-state index in [-0.39, 0.29) is 0 Å². The van der Waals surface area contributed by atoms with Crippen molar-refractivity contribution in [3.63, 3.8) is 0 Å². The van der Waals surface area contributed by atoms with E-state index in [1.54, 1.807) is 14.2 Å². The summed E-state index contributed by atoms with van der Waals surface area (Å²) in [6.07, 6.45) is 1.83. The van der Waals surface area contributed by atoms with Crippen molar-refractivity contribution in [1.82, 2.24) is 4.90 Å². The summed E-state index contributed by atoms with van der Waals surface area (Å²) >= 11 is 0. The fraction of sp³-hybridized carbons (Fsp3) is 0.429. The summed E-state index contributed by atoms with van der Waals surface area (Å²) in [6, 6.07) is 16.1. The normalized spacial score (nSPS) is 14.9. The van der Waals surface area contributed by atoms with Gasteiger partial charge in [0.05, 0.1) is 14.2 Å². The predicted octanol–water partition coefficient (Wildman–Crippen LogP) is 3.11. The lowest BCUT2D eigenvalue weighted by atomic mass is 10.1. The summed E-state index contributed by atoms with van der Waals surface area (Å²) in [6.45, 7) is 1.65. The molecular weight excluding hydrogens is 330 g/mol. The predicted molar refractivity (Wildman–Crippen MR) is 101 cm³/mol. The van der Waals surface area contributed by atoms with Gasteiger partial charge in [0.15, 0.2) is 11.5 Å². The lowest BCUT2D eigenvalue weighted by Gasteiger charge is -2.25. The van der Waals surface area contributed by atoms with Crippen molar-refractivity contribution < 1.29 is 19.3 Å². The smallest absolute Gasteiger partial charge is 0.161 e. The molecule has 3 rings (SSSR count). The summed E-state index contributed by atoms with van der Waals surface area (Å²) in [5.41, 5.74) is 1.14. The minimum Gasteiger partial charge on any atom is -0.493 e. The van der Waals surface area contributed by atoms with E-state index in [0.29, 0.717) is 19.2 Å². The standard InChI is InChI=1S/C21H27NO4/c1-24-20-11-8-16(12-21(20)25-2)13-22(17-9-10-17)14-18(23)15-26-19-6-4-3-5-7-19/h3-8,11-12,17-18,23H,9-10,13-15H2,1-2H3/t18-/m1/s1. The molecule has 0 heterocycles. The second-order valence-corrected chi connectivity index (χ2v) is 6.63.